The van der Waals surface area contributed by atoms with Crippen molar-refractivity contribution >= 4 is 9.84 Å². The Morgan fingerprint density at radius 1 is 1.24 bits per heavy atom. The number of hydrogen-bond acceptors (Lipinski definition) is 3. The summed E-state index contributed by atoms with van der Waals surface area (Å²) >= 11 is 0. The minimum atomic E-state index is -2.85. The van der Waals surface area contributed by atoms with Crippen molar-refractivity contribution in [1.82, 2.24) is 9.88 Å². The molecule has 1 rings (SSSR count). The van der Waals surface area contributed by atoms with Crippen molar-refractivity contribution in [2.24, 2.45) is 0 Å². The number of sulfone groups is 1. The first-order valence-electron chi connectivity index (χ1n) is 8.11. The lowest BCUT2D eigenvalue weighted by Crippen LogP contribution is -2.21. The Morgan fingerprint density at radius 2 is 2.00 bits per heavy atom. The van der Waals surface area contributed by atoms with Crippen LogP contribution in [0.1, 0.15) is 58.1 Å². The van der Waals surface area contributed by atoms with Gasteiger partial charge in [0.2, 0.25) is 0 Å². The number of rotatable bonds is 11. The lowest BCUT2D eigenvalue weighted by Gasteiger charge is -2.16. The van der Waals surface area contributed by atoms with E-state index in [1.54, 1.807) is 6.92 Å². The molecular weight excluding hydrogens is 284 g/mol. The summed E-state index contributed by atoms with van der Waals surface area (Å²) in [6.07, 6.45) is 8.32. The van der Waals surface area contributed by atoms with Crippen molar-refractivity contribution in [3.63, 3.8) is 0 Å². The molecule has 0 bridgehead atoms. The second-order valence-electron chi connectivity index (χ2n) is 5.57. The zero-order valence-electron chi connectivity index (χ0n) is 13.6. The third-order valence-corrected chi connectivity index (χ3v) is 5.50. The first-order chi connectivity index (χ1) is 10.0. The Kier molecular flexibility index (Phi) is 8.04. The maximum Gasteiger partial charge on any atom is 0.150 e. The molecule has 0 saturated carbocycles. The zero-order valence-corrected chi connectivity index (χ0v) is 14.5. The molecule has 5 heteroatoms. The highest BCUT2D eigenvalue weighted by Crippen LogP contribution is 2.19. The minimum absolute atomic E-state index is 0.240. The van der Waals surface area contributed by atoms with Gasteiger partial charge in [0.1, 0.15) is 9.84 Å². The summed E-state index contributed by atoms with van der Waals surface area (Å²) in [6.45, 7) is 7.89. The molecule has 1 aromatic heterocycles. The Bertz CT molecular complexity index is 494. The highest BCUT2D eigenvalue weighted by Gasteiger charge is 2.11. The fourth-order valence-electron chi connectivity index (χ4n) is 2.41. The molecule has 0 aliphatic rings. The van der Waals surface area contributed by atoms with Crippen molar-refractivity contribution in [1.29, 1.82) is 0 Å². The fourth-order valence-corrected chi connectivity index (χ4v) is 3.27. The van der Waals surface area contributed by atoms with Crippen molar-refractivity contribution in [2.45, 2.75) is 59.0 Å². The van der Waals surface area contributed by atoms with Gasteiger partial charge >= 0.3 is 0 Å². The van der Waals surface area contributed by atoms with Crippen molar-refractivity contribution in [3.8, 4) is 0 Å². The van der Waals surface area contributed by atoms with Crippen LogP contribution in [0.2, 0.25) is 0 Å². The molecule has 21 heavy (non-hydrogen) atoms. The van der Waals surface area contributed by atoms with Crippen molar-refractivity contribution in [3.05, 3.63) is 24.0 Å². The first kappa shape index (κ1) is 18.2. The summed E-state index contributed by atoms with van der Waals surface area (Å²) in [7, 11) is -2.85. The largest absolute Gasteiger partial charge is 0.354 e. The third kappa shape index (κ3) is 6.66. The Balaban J connectivity index is 2.54. The number of nitrogens with one attached hydrogen (secondary N) is 1. The van der Waals surface area contributed by atoms with Gasteiger partial charge in [-0.3, -0.25) is 0 Å². The van der Waals surface area contributed by atoms with Crippen LogP contribution in [0.4, 0.5) is 0 Å². The monoisotopic (exact) mass is 314 g/mol. The molecule has 1 heterocycles. The van der Waals surface area contributed by atoms with Gasteiger partial charge in [0, 0.05) is 30.7 Å². The van der Waals surface area contributed by atoms with E-state index in [0.29, 0.717) is 12.5 Å². The molecule has 0 aliphatic heterocycles. The lowest BCUT2D eigenvalue weighted by atomic mass is 10.1. The van der Waals surface area contributed by atoms with Crippen LogP contribution >= 0.6 is 0 Å². The SMILES string of the molecule is CCCNC(CCC)c1ccn(CCCS(=O)(=O)CC)c1. The number of aromatic nitrogens is 1. The van der Waals surface area contributed by atoms with Gasteiger partial charge in [0.15, 0.2) is 0 Å². The van der Waals surface area contributed by atoms with Crippen LogP contribution in [-0.2, 0) is 16.4 Å². The average molecular weight is 314 g/mol. The first-order valence-corrected chi connectivity index (χ1v) is 9.94. The predicted octanol–water partition coefficient (Wildman–Crippen LogP) is 3.15. The van der Waals surface area contributed by atoms with E-state index in [2.05, 4.69) is 42.2 Å². The molecule has 1 aromatic rings. The molecule has 0 spiro atoms. The van der Waals surface area contributed by atoms with Gasteiger partial charge in [-0.2, -0.15) is 0 Å². The van der Waals surface area contributed by atoms with E-state index in [1.807, 2.05) is 0 Å². The third-order valence-electron chi connectivity index (χ3n) is 3.71. The molecule has 0 saturated heterocycles. The van der Waals surface area contributed by atoms with E-state index >= 15 is 0 Å². The Hall–Kier alpha value is -0.810. The number of hydrogen-bond donors (Lipinski definition) is 1. The molecule has 0 aromatic carbocycles. The molecule has 1 N–H and O–H groups in total. The van der Waals surface area contributed by atoms with E-state index in [-0.39, 0.29) is 11.5 Å². The number of nitrogens with zero attached hydrogens (tertiary/aromatic N) is 1. The zero-order chi connectivity index (χ0) is 15.7. The van der Waals surface area contributed by atoms with Gasteiger partial charge in [-0.25, -0.2) is 8.42 Å². The van der Waals surface area contributed by atoms with E-state index in [1.165, 1.54) is 5.56 Å². The van der Waals surface area contributed by atoms with E-state index in [4.69, 9.17) is 0 Å². The summed E-state index contributed by atoms with van der Waals surface area (Å²) in [6, 6.07) is 2.56. The minimum Gasteiger partial charge on any atom is -0.354 e. The van der Waals surface area contributed by atoms with Crippen LogP contribution in [0.25, 0.3) is 0 Å². The van der Waals surface area contributed by atoms with Gasteiger partial charge in [-0.05, 0) is 37.4 Å². The van der Waals surface area contributed by atoms with Crippen molar-refractivity contribution < 1.29 is 8.42 Å². The summed E-state index contributed by atoms with van der Waals surface area (Å²) in [4.78, 5) is 0. The quantitative estimate of drug-likeness (QED) is 0.682. The van der Waals surface area contributed by atoms with Gasteiger partial charge in [-0.15, -0.1) is 0 Å². The topological polar surface area (TPSA) is 51.1 Å². The molecule has 4 nitrogen and oxygen atoms in total. The van der Waals surface area contributed by atoms with Crippen LogP contribution in [-0.4, -0.2) is 31.0 Å². The Morgan fingerprint density at radius 3 is 2.62 bits per heavy atom. The van der Waals surface area contributed by atoms with Crippen LogP contribution in [0, 0.1) is 0 Å². The van der Waals surface area contributed by atoms with Gasteiger partial charge in [-0.1, -0.05) is 27.2 Å². The van der Waals surface area contributed by atoms with E-state index in [0.717, 1.165) is 32.4 Å². The highest BCUT2D eigenvalue weighted by molar-refractivity contribution is 7.91. The van der Waals surface area contributed by atoms with Gasteiger partial charge < -0.3 is 9.88 Å². The molecule has 122 valence electrons. The van der Waals surface area contributed by atoms with E-state index in [9.17, 15) is 8.42 Å². The maximum atomic E-state index is 11.5. The second kappa shape index (κ2) is 9.26. The van der Waals surface area contributed by atoms with Crippen molar-refractivity contribution in [2.75, 3.05) is 18.1 Å². The highest BCUT2D eigenvalue weighted by atomic mass is 32.2. The Labute approximate surface area is 129 Å². The summed E-state index contributed by atoms with van der Waals surface area (Å²) < 4.78 is 25.1. The van der Waals surface area contributed by atoms with Crippen LogP contribution in [0.5, 0.6) is 0 Å². The fraction of sp³-hybridized carbons (Fsp3) is 0.750. The molecule has 0 fully saturated rings. The second-order valence-corrected chi connectivity index (χ2v) is 8.04. The van der Waals surface area contributed by atoms with Crippen LogP contribution in [0.15, 0.2) is 18.5 Å². The van der Waals surface area contributed by atoms with Crippen LogP contribution < -0.4 is 5.32 Å². The maximum absolute atomic E-state index is 11.5. The molecule has 1 atom stereocenters. The van der Waals surface area contributed by atoms with Gasteiger partial charge in [0.25, 0.3) is 0 Å². The standard InChI is InChI=1S/C16H30N2O2S/c1-4-8-16(17-10-5-2)15-9-12-18(14-15)11-7-13-21(19,20)6-3/h9,12,14,16-17H,4-8,10-11,13H2,1-3H3. The summed E-state index contributed by atoms with van der Waals surface area (Å²) in [5.74, 6) is 0.521. The molecular formula is C16H30N2O2S. The van der Waals surface area contributed by atoms with Crippen LogP contribution in [0.3, 0.4) is 0 Å². The molecule has 0 aliphatic carbocycles. The summed E-state index contributed by atoms with van der Waals surface area (Å²) in [5.41, 5.74) is 1.31. The molecule has 1 unspecified atom stereocenters. The molecule has 0 amide bonds. The van der Waals surface area contributed by atoms with Gasteiger partial charge in [0.05, 0.1) is 5.75 Å². The summed E-state index contributed by atoms with van der Waals surface area (Å²) in [5, 5.41) is 3.58. The lowest BCUT2D eigenvalue weighted by molar-refractivity contribution is 0.493. The molecule has 0 radical (unpaired) electrons. The number of aryl methyl sites for hydroxylation is 1. The normalized spacial score (nSPS) is 13.5. The predicted molar refractivity (Wildman–Crippen MR) is 89.3 cm³/mol. The smallest absolute Gasteiger partial charge is 0.150 e. The van der Waals surface area contributed by atoms with E-state index < -0.39 is 9.84 Å². The average Bonchev–Trinajstić information content (AvgIpc) is 2.92.